The summed E-state index contributed by atoms with van der Waals surface area (Å²) < 4.78 is 44.3. The molecule has 1 unspecified atom stereocenters. The van der Waals surface area contributed by atoms with Gasteiger partial charge in [0.1, 0.15) is 5.78 Å². The van der Waals surface area contributed by atoms with Gasteiger partial charge in [-0.25, -0.2) is 0 Å². The minimum atomic E-state index is -3.68. The fourth-order valence-electron chi connectivity index (χ4n) is 5.63. The Balaban J connectivity index is 1.28. The van der Waals surface area contributed by atoms with E-state index >= 15 is 0 Å². The van der Waals surface area contributed by atoms with Gasteiger partial charge < -0.3 is 23.9 Å². The first-order valence-electron chi connectivity index (χ1n) is 12.3. The zero-order valence-electron chi connectivity index (χ0n) is 20.5. The lowest BCUT2D eigenvalue weighted by molar-refractivity contribution is -0.286. The van der Waals surface area contributed by atoms with Gasteiger partial charge in [-0.2, -0.15) is 0 Å². The van der Waals surface area contributed by atoms with Gasteiger partial charge in [-0.3, -0.25) is 4.79 Å². The van der Waals surface area contributed by atoms with Crippen molar-refractivity contribution in [2.45, 2.75) is 75.9 Å². The monoisotopic (exact) mass is 497 g/mol. The summed E-state index contributed by atoms with van der Waals surface area (Å²) in [5.41, 5.74) is 2.85. The molecule has 0 bridgehead atoms. The molecule has 0 amide bonds. The molecule has 0 radical (unpaired) electrons. The second-order valence-electron chi connectivity index (χ2n) is 10.8. The maximum atomic E-state index is 13.5. The molecule has 1 aliphatic carbocycles. The van der Waals surface area contributed by atoms with Gasteiger partial charge in [-0.05, 0) is 61.2 Å². The number of aliphatic hydroxyl groups is 1. The van der Waals surface area contributed by atoms with Gasteiger partial charge in [0.05, 0.1) is 30.8 Å². The smallest absolute Gasteiger partial charge is 0.395 e. The third-order valence-corrected chi connectivity index (χ3v) is 8.23. The standard InChI is InChI=1S/C28H29F2NO5/c1-16-26(2,3)24-12-18-10-17(4-6-21(18)31(24)14-20(15-32)34-16)11-25(33)27(8-9-27)19-5-7-22-23(13-19)36-28(29,30)35-22/h4-7,10,12-13,16,20,32H,8-9,11,14-15H2,1-3H3/t16?,20-/m1/s1. The molecule has 2 aliphatic heterocycles. The molecular weight excluding hydrogens is 468 g/mol. The van der Waals surface area contributed by atoms with Gasteiger partial charge >= 0.3 is 6.29 Å². The number of nitrogens with zero attached hydrogens (tertiary/aromatic N) is 1. The van der Waals surface area contributed by atoms with Gasteiger partial charge in [0.2, 0.25) is 0 Å². The van der Waals surface area contributed by atoms with Gasteiger partial charge in [-0.15, -0.1) is 8.78 Å². The van der Waals surface area contributed by atoms with Crippen LogP contribution in [0, 0.1) is 0 Å². The number of benzene rings is 2. The molecule has 6 nitrogen and oxygen atoms in total. The largest absolute Gasteiger partial charge is 0.586 e. The summed E-state index contributed by atoms with van der Waals surface area (Å²) in [7, 11) is 0. The Morgan fingerprint density at radius 3 is 2.56 bits per heavy atom. The van der Waals surface area contributed by atoms with E-state index in [4.69, 9.17) is 4.74 Å². The van der Waals surface area contributed by atoms with Crippen molar-refractivity contribution < 1.29 is 32.9 Å². The number of alkyl halides is 2. The first kappa shape index (κ1) is 23.4. The molecule has 190 valence electrons. The van der Waals surface area contributed by atoms with Crippen molar-refractivity contribution in [1.82, 2.24) is 4.57 Å². The summed E-state index contributed by atoms with van der Waals surface area (Å²) in [5.74, 6) is 0.0169. The molecular formula is C28H29F2NO5. The normalized spacial score (nSPS) is 24.8. The van der Waals surface area contributed by atoms with Crippen LogP contribution >= 0.6 is 0 Å². The molecule has 3 aromatic rings. The Morgan fingerprint density at radius 2 is 1.83 bits per heavy atom. The molecule has 2 aromatic carbocycles. The summed E-state index contributed by atoms with van der Waals surface area (Å²) >= 11 is 0. The predicted molar refractivity (Wildman–Crippen MR) is 129 cm³/mol. The number of fused-ring (bicyclic) bond motifs is 4. The van der Waals surface area contributed by atoms with Gasteiger partial charge in [-0.1, -0.05) is 26.0 Å². The van der Waals surface area contributed by atoms with Crippen molar-refractivity contribution in [3.05, 3.63) is 59.3 Å². The lowest BCUT2D eigenvalue weighted by Gasteiger charge is -2.30. The number of halogens is 2. The van der Waals surface area contributed by atoms with Crippen LogP contribution in [0.5, 0.6) is 11.5 Å². The van der Waals surface area contributed by atoms with Gasteiger partial charge in [0, 0.05) is 28.4 Å². The highest BCUT2D eigenvalue weighted by Gasteiger charge is 2.52. The Morgan fingerprint density at radius 1 is 1.08 bits per heavy atom. The van der Waals surface area contributed by atoms with Crippen molar-refractivity contribution in [1.29, 1.82) is 0 Å². The van der Waals surface area contributed by atoms with Crippen LogP contribution in [-0.2, 0) is 33.3 Å². The summed E-state index contributed by atoms with van der Waals surface area (Å²) in [4.78, 5) is 13.5. The van der Waals surface area contributed by atoms with E-state index < -0.39 is 11.7 Å². The Labute approximate surface area is 207 Å². The molecule has 8 heteroatoms. The summed E-state index contributed by atoms with van der Waals surface area (Å²) in [6.07, 6.45) is -2.42. The summed E-state index contributed by atoms with van der Waals surface area (Å²) in [6, 6.07) is 12.9. The quantitative estimate of drug-likeness (QED) is 0.545. The number of hydrogen-bond acceptors (Lipinski definition) is 5. The highest BCUT2D eigenvalue weighted by molar-refractivity contribution is 5.95. The van der Waals surface area contributed by atoms with Crippen molar-refractivity contribution in [3.8, 4) is 11.5 Å². The first-order valence-corrected chi connectivity index (χ1v) is 12.3. The zero-order chi connectivity index (χ0) is 25.5. The SMILES string of the molecule is CC1O[C@@H](CO)Cn2c(cc3cc(CC(=O)C4(c5ccc6c(c5)OC(F)(F)O6)CC4)ccc32)C1(C)C. The van der Waals surface area contributed by atoms with E-state index in [0.29, 0.717) is 24.9 Å². The van der Waals surface area contributed by atoms with Gasteiger partial charge in [0.15, 0.2) is 11.5 Å². The second-order valence-corrected chi connectivity index (χ2v) is 10.8. The highest BCUT2D eigenvalue weighted by atomic mass is 19.3. The predicted octanol–water partition coefficient (Wildman–Crippen LogP) is 4.86. The fourth-order valence-corrected chi connectivity index (χ4v) is 5.63. The average Bonchev–Trinajstić information content (AvgIpc) is 3.48. The minimum absolute atomic E-state index is 0.0167. The lowest BCUT2D eigenvalue weighted by Crippen LogP contribution is -2.35. The van der Waals surface area contributed by atoms with Crippen LogP contribution in [0.3, 0.4) is 0 Å². The number of carbonyl (C=O) groups is 1. The van der Waals surface area contributed by atoms with E-state index in [2.05, 4.69) is 40.0 Å². The minimum Gasteiger partial charge on any atom is -0.395 e. The van der Waals surface area contributed by atoms with Crippen LogP contribution < -0.4 is 9.47 Å². The fraction of sp³-hybridized carbons (Fsp3) is 0.464. The van der Waals surface area contributed by atoms with E-state index in [1.807, 2.05) is 19.1 Å². The molecule has 6 rings (SSSR count). The van der Waals surface area contributed by atoms with Crippen molar-refractivity contribution in [3.63, 3.8) is 0 Å². The number of rotatable bonds is 5. The number of ether oxygens (including phenoxy) is 3. The van der Waals surface area contributed by atoms with Crippen molar-refractivity contribution >= 4 is 16.7 Å². The van der Waals surface area contributed by atoms with E-state index in [9.17, 15) is 18.7 Å². The third-order valence-electron chi connectivity index (χ3n) is 8.23. The Bertz CT molecular complexity index is 1370. The third kappa shape index (κ3) is 3.61. The van der Waals surface area contributed by atoms with Crippen LogP contribution in [0.15, 0.2) is 42.5 Å². The summed E-state index contributed by atoms with van der Waals surface area (Å²) in [5, 5.41) is 10.9. The topological polar surface area (TPSA) is 69.9 Å². The van der Waals surface area contributed by atoms with Crippen LogP contribution in [0.2, 0.25) is 0 Å². The second kappa shape index (κ2) is 7.76. The van der Waals surface area contributed by atoms with E-state index in [0.717, 1.165) is 22.2 Å². The highest BCUT2D eigenvalue weighted by Crippen LogP contribution is 2.52. The van der Waals surface area contributed by atoms with Crippen LogP contribution in [0.1, 0.15) is 50.4 Å². The molecule has 0 saturated heterocycles. The molecule has 1 aromatic heterocycles. The number of Topliss-reactive ketones (excluding diaryl/α,β-unsaturated/α-hetero) is 1. The number of carbonyl (C=O) groups excluding carboxylic acids is 1. The van der Waals surface area contributed by atoms with Crippen LogP contribution in [-0.4, -0.2) is 40.6 Å². The molecule has 1 fully saturated rings. The molecule has 36 heavy (non-hydrogen) atoms. The lowest BCUT2D eigenvalue weighted by atomic mass is 9.83. The molecule has 3 heterocycles. The molecule has 1 N–H and O–H groups in total. The molecule has 1 saturated carbocycles. The van der Waals surface area contributed by atoms with Crippen LogP contribution in [0.4, 0.5) is 8.78 Å². The zero-order valence-corrected chi connectivity index (χ0v) is 20.5. The maximum Gasteiger partial charge on any atom is 0.586 e. The molecule has 0 spiro atoms. The summed E-state index contributed by atoms with van der Waals surface area (Å²) in [6.45, 7) is 6.83. The molecule has 2 atom stereocenters. The van der Waals surface area contributed by atoms with Crippen molar-refractivity contribution in [2.75, 3.05) is 6.61 Å². The molecule has 3 aliphatic rings. The van der Waals surface area contributed by atoms with Crippen LogP contribution in [0.25, 0.3) is 10.9 Å². The van der Waals surface area contributed by atoms with E-state index in [1.54, 1.807) is 6.07 Å². The number of ketones is 1. The van der Waals surface area contributed by atoms with E-state index in [1.165, 1.54) is 12.1 Å². The van der Waals surface area contributed by atoms with Gasteiger partial charge in [0.25, 0.3) is 0 Å². The maximum absolute atomic E-state index is 13.5. The Hall–Kier alpha value is -2.97. The van der Waals surface area contributed by atoms with Crippen molar-refractivity contribution in [2.24, 2.45) is 0 Å². The first-order chi connectivity index (χ1) is 17.0. The number of aromatic nitrogens is 1. The Kier molecular flexibility index (Phi) is 5.05. The number of aliphatic hydroxyl groups excluding tert-OH is 1. The van der Waals surface area contributed by atoms with E-state index in [-0.39, 0.29) is 47.9 Å². The average molecular weight is 498 g/mol. The number of hydrogen-bond donors (Lipinski definition) is 1.